The summed E-state index contributed by atoms with van der Waals surface area (Å²) in [6, 6.07) is 0. The highest BCUT2D eigenvalue weighted by atomic mass is 16.5. The second-order valence-electron chi connectivity index (χ2n) is 5.42. The Kier molecular flexibility index (Phi) is 3.71. The van der Waals surface area contributed by atoms with Crippen LogP contribution < -0.4 is 5.32 Å². The molecule has 110 valence electrons. The second kappa shape index (κ2) is 5.49. The smallest absolute Gasteiger partial charge is 0.292 e. The van der Waals surface area contributed by atoms with E-state index in [-0.39, 0.29) is 23.4 Å². The zero-order valence-corrected chi connectivity index (χ0v) is 11.6. The Labute approximate surface area is 117 Å². The monoisotopic (exact) mass is 281 g/mol. The number of rotatable bonds is 3. The fraction of sp³-hybridized carbons (Fsp3) is 0.769. The SMILES string of the molecule is Cc1nc(C(=O)NC[C@H]2CCC3(CCOCC3)O2)no1. The first-order valence-corrected chi connectivity index (χ1v) is 7.01. The van der Waals surface area contributed by atoms with Gasteiger partial charge in [-0.15, -0.1) is 0 Å². The van der Waals surface area contributed by atoms with Crippen LogP contribution in [-0.2, 0) is 9.47 Å². The molecule has 0 radical (unpaired) electrons. The number of hydrogen-bond acceptors (Lipinski definition) is 6. The molecule has 1 aromatic heterocycles. The molecule has 3 rings (SSSR count). The number of aromatic nitrogens is 2. The van der Waals surface area contributed by atoms with Gasteiger partial charge in [-0.3, -0.25) is 4.79 Å². The average Bonchev–Trinajstić information content (AvgIpc) is 3.05. The van der Waals surface area contributed by atoms with Gasteiger partial charge in [0.05, 0.1) is 11.7 Å². The fourth-order valence-corrected chi connectivity index (χ4v) is 2.83. The van der Waals surface area contributed by atoms with Crippen molar-refractivity contribution in [3.63, 3.8) is 0 Å². The molecule has 0 unspecified atom stereocenters. The topological polar surface area (TPSA) is 86.5 Å². The van der Waals surface area contributed by atoms with Crippen LogP contribution in [0.2, 0.25) is 0 Å². The van der Waals surface area contributed by atoms with Gasteiger partial charge in [-0.1, -0.05) is 5.16 Å². The Balaban J connectivity index is 1.49. The number of hydrogen-bond donors (Lipinski definition) is 1. The number of carbonyl (C=O) groups is 1. The third-order valence-electron chi connectivity index (χ3n) is 3.96. The number of nitrogens with one attached hydrogen (secondary N) is 1. The quantitative estimate of drug-likeness (QED) is 0.883. The van der Waals surface area contributed by atoms with Crippen molar-refractivity contribution in [2.75, 3.05) is 19.8 Å². The first-order valence-electron chi connectivity index (χ1n) is 7.01. The van der Waals surface area contributed by atoms with E-state index in [0.717, 1.165) is 38.9 Å². The van der Waals surface area contributed by atoms with Crippen molar-refractivity contribution in [2.24, 2.45) is 0 Å². The van der Waals surface area contributed by atoms with Gasteiger partial charge >= 0.3 is 0 Å². The predicted molar refractivity (Wildman–Crippen MR) is 68.3 cm³/mol. The summed E-state index contributed by atoms with van der Waals surface area (Å²) >= 11 is 0. The molecule has 1 atom stereocenters. The van der Waals surface area contributed by atoms with Crippen molar-refractivity contribution in [3.05, 3.63) is 11.7 Å². The third-order valence-corrected chi connectivity index (χ3v) is 3.96. The van der Waals surface area contributed by atoms with E-state index in [4.69, 9.17) is 14.0 Å². The lowest BCUT2D eigenvalue weighted by molar-refractivity contribution is -0.102. The third kappa shape index (κ3) is 2.83. The number of nitrogens with zero attached hydrogens (tertiary/aromatic N) is 2. The van der Waals surface area contributed by atoms with Gasteiger partial charge in [0.2, 0.25) is 5.89 Å². The molecule has 2 saturated heterocycles. The summed E-state index contributed by atoms with van der Waals surface area (Å²) in [5, 5.41) is 6.38. The highest BCUT2D eigenvalue weighted by Gasteiger charge is 2.41. The number of aryl methyl sites for hydroxylation is 1. The largest absolute Gasteiger partial charge is 0.381 e. The van der Waals surface area contributed by atoms with Crippen LogP contribution in [0.1, 0.15) is 42.2 Å². The van der Waals surface area contributed by atoms with Crippen LogP contribution in [0.3, 0.4) is 0 Å². The molecule has 7 nitrogen and oxygen atoms in total. The Hall–Kier alpha value is -1.47. The maximum Gasteiger partial charge on any atom is 0.292 e. The summed E-state index contributed by atoms with van der Waals surface area (Å²) in [5.41, 5.74) is -0.0314. The highest BCUT2D eigenvalue weighted by molar-refractivity contribution is 5.90. The molecule has 0 saturated carbocycles. The van der Waals surface area contributed by atoms with E-state index in [1.165, 1.54) is 0 Å². The van der Waals surface area contributed by atoms with Crippen LogP contribution in [0.5, 0.6) is 0 Å². The normalized spacial score (nSPS) is 24.9. The van der Waals surface area contributed by atoms with Crippen LogP contribution in [0.25, 0.3) is 0 Å². The van der Waals surface area contributed by atoms with Crippen LogP contribution in [0.15, 0.2) is 4.52 Å². The standard InChI is InChI=1S/C13H19N3O4/c1-9-15-11(16-20-9)12(17)14-8-10-2-3-13(19-10)4-6-18-7-5-13/h10H,2-8H2,1H3,(H,14,17)/t10-/m1/s1. The zero-order chi connectivity index (χ0) is 14.0. The van der Waals surface area contributed by atoms with Crippen LogP contribution >= 0.6 is 0 Å². The minimum absolute atomic E-state index is 0.0314. The molecular weight excluding hydrogens is 262 g/mol. The van der Waals surface area contributed by atoms with Crippen molar-refractivity contribution < 1.29 is 18.8 Å². The van der Waals surface area contributed by atoms with Crippen molar-refractivity contribution >= 4 is 5.91 Å². The lowest BCUT2D eigenvalue weighted by Crippen LogP contribution is -2.39. The Morgan fingerprint density at radius 2 is 2.20 bits per heavy atom. The van der Waals surface area contributed by atoms with Gasteiger partial charge in [0.25, 0.3) is 11.7 Å². The average molecular weight is 281 g/mol. The Bertz CT molecular complexity index is 482. The van der Waals surface area contributed by atoms with Gasteiger partial charge in [-0.25, -0.2) is 0 Å². The molecule has 0 bridgehead atoms. The van der Waals surface area contributed by atoms with Crippen molar-refractivity contribution in [2.45, 2.75) is 44.3 Å². The zero-order valence-electron chi connectivity index (χ0n) is 11.6. The molecule has 1 amide bonds. The molecule has 1 aromatic rings. The van der Waals surface area contributed by atoms with Gasteiger partial charge in [0.15, 0.2) is 0 Å². The maximum absolute atomic E-state index is 11.8. The van der Waals surface area contributed by atoms with E-state index in [1.807, 2.05) is 0 Å². The molecule has 7 heteroatoms. The summed E-state index contributed by atoms with van der Waals surface area (Å²) in [5.74, 6) is 0.132. The minimum Gasteiger partial charge on any atom is -0.381 e. The van der Waals surface area contributed by atoms with Gasteiger partial charge < -0.3 is 19.3 Å². The molecule has 0 aromatic carbocycles. The van der Waals surface area contributed by atoms with Crippen LogP contribution in [-0.4, -0.2) is 47.5 Å². The predicted octanol–water partition coefficient (Wildman–Crippen LogP) is 0.836. The fourth-order valence-electron chi connectivity index (χ4n) is 2.83. The van der Waals surface area contributed by atoms with E-state index in [0.29, 0.717) is 12.4 Å². The van der Waals surface area contributed by atoms with E-state index in [9.17, 15) is 4.79 Å². The summed E-state index contributed by atoms with van der Waals surface area (Å²) in [6.07, 6.45) is 3.96. The summed E-state index contributed by atoms with van der Waals surface area (Å²) < 4.78 is 16.3. The van der Waals surface area contributed by atoms with Gasteiger partial charge in [-0.05, 0) is 25.7 Å². The number of amides is 1. The van der Waals surface area contributed by atoms with Gasteiger partial charge in [-0.2, -0.15) is 4.98 Å². The summed E-state index contributed by atoms with van der Waals surface area (Å²) in [6.45, 7) is 3.66. The van der Waals surface area contributed by atoms with Crippen molar-refractivity contribution in [1.82, 2.24) is 15.5 Å². The number of ether oxygens (including phenoxy) is 2. The van der Waals surface area contributed by atoms with E-state index >= 15 is 0 Å². The number of carbonyl (C=O) groups excluding carboxylic acids is 1. The lowest BCUT2D eigenvalue weighted by atomic mass is 9.91. The molecule has 2 aliphatic rings. The maximum atomic E-state index is 11.8. The highest BCUT2D eigenvalue weighted by Crippen LogP contribution is 2.37. The first kappa shape index (κ1) is 13.5. The molecule has 1 N–H and O–H groups in total. The Morgan fingerprint density at radius 1 is 1.40 bits per heavy atom. The van der Waals surface area contributed by atoms with Crippen LogP contribution in [0, 0.1) is 6.92 Å². The molecule has 2 fully saturated rings. The molecular formula is C13H19N3O4. The minimum atomic E-state index is -0.321. The van der Waals surface area contributed by atoms with Gasteiger partial charge in [0.1, 0.15) is 0 Å². The molecule has 3 heterocycles. The molecule has 1 spiro atoms. The summed E-state index contributed by atoms with van der Waals surface area (Å²) in [7, 11) is 0. The molecule has 0 aliphatic carbocycles. The van der Waals surface area contributed by atoms with Crippen molar-refractivity contribution in [1.29, 1.82) is 0 Å². The molecule has 2 aliphatic heterocycles. The van der Waals surface area contributed by atoms with E-state index < -0.39 is 0 Å². The lowest BCUT2D eigenvalue weighted by Gasteiger charge is -2.33. The second-order valence-corrected chi connectivity index (χ2v) is 5.42. The van der Waals surface area contributed by atoms with E-state index in [1.54, 1.807) is 6.92 Å². The van der Waals surface area contributed by atoms with E-state index in [2.05, 4.69) is 15.5 Å². The van der Waals surface area contributed by atoms with Gasteiger partial charge in [0, 0.05) is 26.7 Å². The first-order chi connectivity index (χ1) is 9.67. The Morgan fingerprint density at radius 3 is 2.90 bits per heavy atom. The summed E-state index contributed by atoms with van der Waals surface area (Å²) in [4.78, 5) is 15.7. The van der Waals surface area contributed by atoms with Crippen LogP contribution in [0.4, 0.5) is 0 Å². The molecule has 20 heavy (non-hydrogen) atoms. The van der Waals surface area contributed by atoms with Crippen molar-refractivity contribution in [3.8, 4) is 0 Å².